The van der Waals surface area contributed by atoms with E-state index in [0.717, 1.165) is 34.2 Å². The normalized spacial score (nSPS) is 17.8. The molecule has 1 atom stereocenters. The van der Waals surface area contributed by atoms with Crippen molar-refractivity contribution in [2.24, 2.45) is 7.05 Å². The summed E-state index contributed by atoms with van der Waals surface area (Å²) in [6.45, 7) is 9.41. The molecule has 7 heteroatoms. The molecule has 1 fully saturated rings. The van der Waals surface area contributed by atoms with Gasteiger partial charge in [0.05, 0.1) is 31.0 Å². The maximum Gasteiger partial charge on any atom is 0.227 e. The molecule has 3 rings (SSSR count). The SMILES string of the molecule is Cc1cc([C@@H]2CN(C(=O)Cc3c(C)nn(C)c3C)CCO2)nc(C)n1. The molecule has 0 unspecified atom stereocenters. The summed E-state index contributed by atoms with van der Waals surface area (Å²) in [6.07, 6.45) is 0.175. The van der Waals surface area contributed by atoms with Crippen molar-refractivity contribution in [2.45, 2.75) is 40.2 Å². The van der Waals surface area contributed by atoms with E-state index in [1.54, 1.807) is 0 Å². The number of aromatic nitrogens is 4. The smallest absolute Gasteiger partial charge is 0.227 e. The highest BCUT2D eigenvalue weighted by atomic mass is 16.5. The third-order valence-electron chi connectivity index (χ3n) is 4.72. The average Bonchev–Trinajstić information content (AvgIpc) is 2.80. The summed E-state index contributed by atoms with van der Waals surface area (Å²) in [5.41, 5.74) is 4.73. The lowest BCUT2D eigenvalue weighted by molar-refractivity contribution is -0.138. The van der Waals surface area contributed by atoms with Crippen LogP contribution in [0.1, 0.15) is 40.3 Å². The maximum absolute atomic E-state index is 12.8. The second-order valence-corrected chi connectivity index (χ2v) is 6.63. The fourth-order valence-corrected chi connectivity index (χ4v) is 3.30. The molecule has 0 saturated carbocycles. The van der Waals surface area contributed by atoms with Gasteiger partial charge in [-0.1, -0.05) is 0 Å². The van der Waals surface area contributed by atoms with Crippen LogP contribution >= 0.6 is 0 Å². The molecule has 1 amide bonds. The predicted octanol–water partition coefficient (Wildman–Crippen LogP) is 1.59. The van der Waals surface area contributed by atoms with E-state index < -0.39 is 0 Å². The molecule has 3 heterocycles. The number of carbonyl (C=O) groups excluding carboxylic acids is 1. The molecular formula is C18H25N5O2. The van der Waals surface area contributed by atoms with E-state index in [-0.39, 0.29) is 12.0 Å². The second kappa shape index (κ2) is 6.92. The van der Waals surface area contributed by atoms with Gasteiger partial charge in [-0.05, 0) is 33.8 Å². The predicted molar refractivity (Wildman–Crippen MR) is 93.2 cm³/mol. The van der Waals surface area contributed by atoms with Gasteiger partial charge < -0.3 is 9.64 Å². The van der Waals surface area contributed by atoms with Gasteiger partial charge in [0.15, 0.2) is 0 Å². The number of aryl methyl sites for hydroxylation is 4. The van der Waals surface area contributed by atoms with Gasteiger partial charge in [-0.15, -0.1) is 0 Å². The van der Waals surface area contributed by atoms with Crippen molar-refractivity contribution < 1.29 is 9.53 Å². The molecule has 0 aromatic carbocycles. The third-order valence-corrected chi connectivity index (χ3v) is 4.72. The van der Waals surface area contributed by atoms with E-state index in [1.165, 1.54) is 0 Å². The molecule has 1 aliphatic heterocycles. The highest BCUT2D eigenvalue weighted by molar-refractivity contribution is 5.79. The van der Waals surface area contributed by atoms with E-state index >= 15 is 0 Å². The minimum absolute atomic E-state index is 0.106. The van der Waals surface area contributed by atoms with Crippen LogP contribution in [-0.2, 0) is 23.0 Å². The standard InChI is InChI=1S/C18H25N5O2/c1-11-8-16(20-14(4)19-11)17-10-23(6-7-25-17)18(24)9-15-12(2)21-22(5)13(15)3/h8,17H,6-7,9-10H2,1-5H3/t17-/m0/s1. The van der Waals surface area contributed by atoms with E-state index in [1.807, 2.05) is 50.4 Å². The fourth-order valence-electron chi connectivity index (χ4n) is 3.30. The Labute approximate surface area is 148 Å². The molecule has 1 saturated heterocycles. The number of hydrogen-bond donors (Lipinski definition) is 0. The number of carbonyl (C=O) groups is 1. The summed E-state index contributed by atoms with van der Waals surface area (Å²) in [5, 5.41) is 4.40. The minimum atomic E-state index is -0.200. The fraction of sp³-hybridized carbons (Fsp3) is 0.556. The van der Waals surface area contributed by atoms with Crippen LogP contribution in [0.5, 0.6) is 0 Å². The van der Waals surface area contributed by atoms with Gasteiger partial charge in [-0.25, -0.2) is 9.97 Å². The van der Waals surface area contributed by atoms with E-state index in [9.17, 15) is 4.79 Å². The first kappa shape index (κ1) is 17.5. The largest absolute Gasteiger partial charge is 0.368 e. The first-order chi connectivity index (χ1) is 11.8. The Balaban J connectivity index is 1.73. The number of morpholine rings is 1. The van der Waals surface area contributed by atoms with E-state index in [0.29, 0.717) is 26.1 Å². The van der Waals surface area contributed by atoms with Gasteiger partial charge in [0, 0.05) is 30.5 Å². The number of hydrogen-bond acceptors (Lipinski definition) is 5. The van der Waals surface area contributed by atoms with Crippen molar-refractivity contribution in [3.05, 3.63) is 40.2 Å². The monoisotopic (exact) mass is 343 g/mol. The first-order valence-electron chi connectivity index (χ1n) is 8.55. The van der Waals surface area contributed by atoms with Crippen LogP contribution in [0.3, 0.4) is 0 Å². The van der Waals surface area contributed by atoms with Gasteiger partial charge in [-0.2, -0.15) is 5.10 Å². The highest BCUT2D eigenvalue weighted by Gasteiger charge is 2.27. The number of nitrogens with zero attached hydrogens (tertiary/aromatic N) is 5. The quantitative estimate of drug-likeness (QED) is 0.846. The average molecular weight is 343 g/mol. The minimum Gasteiger partial charge on any atom is -0.368 e. The summed E-state index contributed by atoms with van der Waals surface area (Å²) in [7, 11) is 1.90. The Morgan fingerprint density at radius 3 is 2.68 bits per heavy atom. The Bertz CT molecular complexity index is 779. The lowest BCUT2D eigenvalue weighted by Gasteiger charge is -2.33. The van der Waals surface area contributed by atoms with Crippen LogP contribution in [0.15, 0.2) is 6.07 Å². The van der Waals surface area contributed by atoms with Crippen molar-refractivity contribution in [3.63, 3.8) is 0 Å². The highest BCUT2D eigenvalue weighted by Crippen LogP contribution is 2.22. The zero-order chi connectivity index (χ0) is 18.1. The molecule has 7 nitrogen and oxygen atoms in total. The molecule has 2 aromatic rings. The topological polar surface area (TPSA) is 73.1 Å². The van der Waals surface area contributed by atoms with Crippen LogP contribution in [0.25, 0.3) is 0 Å². The molecule has 0 radical (unpaired) electrons. The first-order valence-corrected chi connectivity index (χ1v) is 8.55. The van der Waals surface area contributed by atoms with Crippen LogP contribution in [-0.4, -0.2) is 50.3 Å². The summed E-state index contributed by atoms with van der Waals surface area (Å²) >= 11 is 0. The van der Waals surface area contributed by atoms with Crippen molar-refractivity contribution in [1.82, 2.24) is 24.6 Å². The molecule has 25 heavy (non-hydrogen) atoms. The Morgan fingerprint density at radius 2 is 2.04 bits per heavy atom. The summed E-state index contributed by atoms with van der Waals surface area (Å²) < 4.78 is 7.68. The molecule has 0 aliphatic carbocycles. The number of amides is 1. The zero-order valence-electron chi connectivity index (χ0n) is 15.5. The molecule has 0 N–H and O–H groups in total. The van der Waals surface area contributed by atoms with Gasteiger partial charge in [0.25, 0.3) is 0 Å². The van der Waals surface area contributed by atoms with Crippen molar-refractivity contribution in [2.75, 3.05) is 19.7 Å². The van der Waals surface area contributed by atoms with Crippen molar-refractivity contribution in [3.8, 4) is 0 Å². The Hall–Kier alpha value is -2.28. The third kappa shape index (κ3) is 3.71. The molecule has 0 spiro atoms. The van der Waals surface area contributed by atoms with Crippen LogP contribution in [0.2, 0.25) is 0 Å². The Morgan fingerprint density at radius 1 is 1.28 bits per heavy atom. The summed E-state index contributed by atoms with van der Waals surface area (Å²) in [4.78, 5) is 23.4. The van der Waals surface area contributed by atoms with E-state index in [4.69, 9.17) is 4.74 Å². The lowest BCUT2D eigenvalue weighted by Crippen LogP contribution is -2.43. The van der Waals surface area contributed by atoms with Crippen LogP contribution < -0.4 is 0 Å². The number of rotatable bonds is 3. The van der Waals surface area contributed by atoms with Crippen LogP contribution in [0.4, 0.5) is 0 Å². The number of ether oxygens (including phenoxy) is 1. The Kier molecular flexibility index (Phi) is 4.85. The van der Waals surface area contributed by atoms with Crippen molar-refractivity contribution in [1.29, 1.82) is 0 Å². The summed E-state index contributed by atoms with van der Waals surface area (Å²) in [6, 6.07) is 1.93. The second-order valence-electron chi connectivity index (χ2n) is 6.63. The molecule has 1 aliphatic rings. The molecule has 0 bridgehead atoms. The lowest BCUT2D eigenvalue weighted by atomic mass is 10.1. The molecular weight excluding hydrogens is 318 g/mol. The maximum atomic E-state index is 12.8. The van der Waals surface area contributed by atoms with Crippen molar-refractivity contribution >= 4 is 5.91 Å². The van der Waals surface area contributed by atoms with Gasteiger partial charge in [-0.3, -0.25) is 9.48 Å². The van der Waals surface area contributed by atoms with Gasteiger partial charge in [0.2, 0.25) is 5.91 Å². The molecule has 134 valence electrons. The van der Waals surface area contributed by atoms with Crippen LogP contribution in [0, 0.1) is 27.7 Å². The zero-order valence-corrected chi connectivity index (χ0v) is 15.5. The molecule has 2 aromatic heterocycles. The van der Waals surface area contributed by atoms with E-state index in [2.05, 4.69) is 15.1 Å². The van der Waals surface area contributed by atoms with Gasteiger partial charge in [0.1, 0.15) is 11.9 Å². The van der Waals surface area contributed by atoms with Gasteiger partial charge >= 0.3 is 0 Å². The summed E-state index contributed by atoms with van der Waals surface area (Å²) in [5.74, 6) is 0.832.